The van der Waals surface area contributed by atoms with Crippen LogP contribution in [0.15, 0.2) is 0 Å². The lowest BCUT2D eigenvalue weighted by Crippen LogP contribution is -2.56. The van der Waals surface area contributed by atoms with Crippen molar-refractivity contribution in [2.24, 2.45) is 17.2 Å². The van der Waals surface area contributed by atoms with Crippen LogP contribution in [0.2, 0.25) is 0 Å². The molecule has 0 heterocycles. The van der Waals surface area contributed by atoms with E-state index in [9.17, 15) is 0 Å². The first-order chi connectivity index (χ1) is 4.46. The fraction of sp³-hybridized carbons (Fsp3) is 1.00. The zero-order valence-electron chi connectivity index (χ0n) is 6.91. The highest BCUT2D eigenvalue weighted by Crippen LogP contribution is 1.98. The van der Waals surface area contributed by atoms with Gasteiger partial charge in [-0.15, -0.1) is 0 Å². The molecule has 0 aliphatic carbocycles. The maximum atomic E-state index is 5.60. The molecular weight excluding hydrogens is 128 g/mol. The van der Waals surface area contributed by atoms with E-state index in [1.54, 1.807) is 0 Å². The molecule has 0 spiro atoms. The lowest BCUT2D eigenvalue weighted by atomic mass is 10.3. The summed E-state index contributed by atoms with van der Waals surface area (Å²) in [6.45, 7) is 5.60. The van der Waals surface area contributed by atoms with E-state index in [0.717, 1.165) is 0 Å². The van der Waals surface area contributed by atoms with E-state index in [-0.39, 0.29) is 18.5 Å². The Kier molecular flexibility index (Phi) is 3.81. The maximum absolute atomic E-state index is 5.60. The summed E-state index contributed by atoms with van der Waals surface area (Å²) >= 11 is 0. The second-order valence-electron chi connectivity index (χ2n) is 2.67. The molecule has 10 heavy (non-hydrogen) atoms. The lowest BCUT2D eigenvalue weighted by Gasteiger charge is -2.33. The van der Waals surface area contributed by atoms with Gasteiger partial charge in [0.05, 0.1) is 18.5 Å². The largest absolute Gasteiger partial charge is 0.316 e. The third kappa shape index (κ3) is 2.62. The predicted molar refractivity (Wildman–Crippen MR) is 42.8 cm³/mol. The normalized spacial score (nSPS) is 20.7. The van der Waals surface area contributed by atoms with E-state index in [4.69, 9.17) is 17.2 Å². The van der Waals surface area contributed by atoms with E-state index in [1.165, 1.54) is 0 Å². The van der Waals surface area contributed by atoms with E-state index in [1.807, 2.05) is 25.7 Å². The van der Waals surface area contributed by atoms with Gasteiger partial charge in [-0.05, 0) is 20.8 Å². The number of nitrogens with two attached hydrogens (primary N) is 3. The minimum atomic E-state index is -0.0833. The Bertz CT molecular complexity index is 70.7. The van der Waals surface area contributed by atoms with Crippen LogP contribution in [-0.2, 0) is 0 Å². The van der Waals surface area contributed by atoms with Crippen molar-refractivity contribution in [3.05, 3.63) is 0 Å². The van der Waals surface area contributed by atoms with Crippen molar-refractivity contribution in [1.29, 1.82) is 0 Å². The highest BCUT2D eigenvalue weighted by molar-refractivity contribution is 4.67. The number of rotatable bonds is 3. The third-order valence-electron chi connectivity index (χ3n) is 1.41. The van der Waals surface area contributed by atoms with Crippen LogP contribution in [0.25, 0.3) is 0 Å². The maximum Gasteiger partial charge on any atom is 0.0571 e. The van der Waals surface area contributed by atoms with Crippen LogP contribution in [0, 0.1) is 0 Å². The summed E-state index contributed by atoms with van der Waals surface area (Å²) in [6.07, 6.45) is -0.250. The Morgan fingerprint density at radius 2 is 1.00 bits per heavy atom. The molecule has 0 amide bonds. The van der Waals surface area contributed by atoms with Crippen molar-refractivity contribution >= 4 is 0 Å². The summed E-state index contributed by atoms with van der Waals surface area (Å²) in [5.74, 6) is 0. The van der Waals surface area contributed by atoms with Crippen LogP contribution in [0.3, 0.4) is 0 Å². The Morgan fingerprint density at radius 1 is 0.800 bits per heavy atom. The molecule has 6 N–H and O–H groups in total. The topological polar surface area (TPSA) is 81.3 Å². The second kappa shape index (κ2) is 3.88. The van der Waals surface area contributed by atoms with Gasteiger partial charge in [-0.1, -0.05) is 0 Å². The van der Waals surface area contributed by atoms with E-state index in [0.29, 0.717) is 0 Å². The van der Waals surface area contributed by atoms with Gasteiger partial charge in [0.2, 0.25) is 0 Å². The van der Waals surface area contributed by atoms with E-state index < -0.39 is 0 Å². The van der Waals surface area contributed by atoms with Gasteiger partial charge >= 0.3 is 0 Å². The minimum absolute atomic E-state index is 0.0833. The number of hydrogen-bond donors (Lipinski definition) is 3. The number of hydrogen-bond acceptors (Lipinski definition) is 4. The van der Waals surface area contributed by atoms with E-state index in [2.05, 4.69) is 0 Å². The molecule has 0 rings (SSSR count). The van der Waals surface area contributed by atoms with Gasteiger partial charge in [-0.25, -0.2) is 0 Å². The lowest BCUT2D eigenvalue weighted by molar-refractivity contribution is 0.113. The fourth-order valence-corrected chi connectivity index (χ4v) is 1.11. The molecule has 0 aliphatic heterocycles. The summed E-state index contributed by atoms with van der Waals surface area (Å²) in [5, 5.41) is 0. The molecule has 0 bridgehead atoms. The van der Waals surface area contributed by atoms with Crippen molar-refractivity contribution < 1.29 is 0 Å². The summed E-state index contributed by atoms with van der Waals surface area (Å²) in [5.41, 5.74) is 16.8. The van der Waals surface area contributed by atoms with Gasteiger partial charge in [0, 0.05) is 0 Å². The van der Waals surface area contributed by atoms with Crippen LogP contribution >= 0.6 is 0 Å². The van der Waals surface area contributed by atoms with Gasteiger partial charge < -0.3 is 17.2 Å². The highest BCUT2D eigenvalue weighted by Gasteiger charge is 2.16. The zero-order valence-corrected chi connectivity index (χ0v) is 6.91. The Balaban J connectivity index is 3.98. The second-order valence-corrected chi connectivity index (χ2v) is 2.67. The molecular formula is C6H18N4. The zero-order chi connectivity index (χ0) is 8.31. The molecule has 0 saturated heterocycles. The Hall–Kier alpha value is -0.160. The SMILES string of the molecule is CC(N)N(C(C)N)C(C)N. The smallest absolute Gasteiger partial charge is 0.0571 e. The van der Waals surface area contributed by atoms with E-state index >= 15 is 0 Å². The average Bonchev–Trinajstić information content (AvgIpc) is 1.59. The highest BCUT2D eigenvalue weighted by atomic mass is 15.3. The monoisotopic (exact) mass is 146 g/mol. The van der Waals surface area contributed by atoms with Crippen LogP contribution in [0.1, 0.15) is 20.8 Å². The van der Waals surface area contributed by atoms with Gasteiger partial charge in [0.15, 0.2) is 0 Å². The van der Waals surface area contributed by atoms with Crippen LogP contribution in [0.5, 0.6) is 0 Å². The molecule has 4 nitrogen and oxygen atoms in total. The van der Waals surface area contributed by atoms with Crippen LogP contribution in [-0.4, -0.2) is 23.4 Å². The number of nitrogens with zero attached hydrogens (tertiary/aromatic N) is 1. The van der Waals surface area contributed by atoms with Gasteiger partial charge in [-0.2, -0.15) is 0 Å². The first-order valence-electron chi connectivity index (χ1n) is 3.51. The fourth-order valence-electron chi connectivity index (χ4n) is 1.11. The average molecular weight is 146 g/mol. The first kappa shape index (κ1) is 9.84. The molecule has 3 atom stereocenters. The minimum Gasteiger partial charge on any atom is -0.316 e. The van der Waals surface area contributed by atoms with Gasteiger partial charge in [-0.3, -0.25) is 4.90 Å². The molecule has 0 aliphatic rings. The molecule has 0 saturated carbocycles. The van der Waals surface area contributed by atoms with Gasteiger partial charge in [0.1, 0.15) is 0 Å². The summed E-state index contributed by atoms with van der Waals surface area (Å²) in [4.78, 5) is 1.83. The Labute approximate surface area is 62.3 Å². The van der Waals surface area contributed by atoms with Crippen LogP contribution in [0.4, 0.5) is 0 Å². The van der Waals surface area contributed by atoms with Crippen molar-refractivity contribution in [3.8, 4) is 0 Å². The molecule has 0 aromatic carbocycles. The third-order valence-corrected chi connectivity index (χ3v) is 1.41. The molecule has 0 fully saturated rings. The molecule has 0 aromatic heterocycles. The standard InChI is InChI=1S/C6H18N4/c1-4(7)10(5(2)8)6(3)9/h4-6H,7-9H2,1-3H3. The van der Waals surface area contributed by atoms with Crippen molar-refractivity contribution in [1.82, 2.24) is 4.90 Å². The van der Waals surface area contributed by atoms with Crippen molar-refractivity contribution in [2.75, 3.05) is 0 Å². The first-order valence-corrected chi connectivity index (χ1v) is 3.51. The molecule has 3 unspecified atom stereocenters. The summed E-state index contributed by atoms with van der Waals surface area (Å²) in [6, 6.07) is 0. The van der Waals surface area contributed by atoms with Crippen molar-refractivity contribution in [3.63, 3.8) is 0 Å². The molecule has 0 radical (unpaired) electrons. The Morgan fingerprint density at radius 3 is 1.00 bits per heavy atom. The van der Waals surface area contributed by atoms with Crippen molar-refractivity contribution in [2.45, 2.75) is 39.3 Å². The molecule has 0 aromatic rings. The molecule has 62 valence electrons. The predicted octanol–water partition coefficient (Wildman–Crippen LogP) is -0.797. The van der Waals surface area contributed by atoms with Gasteiger partial charge in [0.25, 0.3) is 0 Å². The summed E-state index contributed by atoms with van der Waals surface area (Å²) < 4.78 is 0. The van der Waals surface area contributed by atoms with Crippen LogP contribution < -0.4 is 17.2 Å². The molecule has 4 heteroatoms. The quantitative estimate of drug-likeness (QED) is 0.455. The summed E-state index contributed by atoms with van der Waals surface area (Å²) in [7, 11) is 0.